The molecule has 0 saturated heterocycles. The summed E-state index contributed by atoms with van der Waals surface area (Å²) in [6, 6.07) is 11.3. The first-order valence-electron chi connectivity index (χ1n) is 7.28. The Morgan fingerprint density at radius 1 is 1.05 bits per heavy atom. The summed E-state index contributed by atoms with van der Waals surface area (Å²) < 4.78 is 14.7. The van der Waals surface area contributed by atoms with Gasteiger partial charge in [-0.3, -0.25) is 0 Å². The fourth-order valence-corrected chi connectivity index (χ4v) is 2.90. The van der Waals surface area contributed by atoms with Gasteiger partial charge in [0.2, 0.25) is 0 Å². The Morgan fingerprint density at radius 3 is 2.33 bits per heavy atom. The van der Waals surface area contributed by atoms with Crippen LogP contribution in [0.25, 0.3) is 0 Å². The smallest absolute Gasteiger partial charge is 0.123 e. The molecule has 0 aliphatic heterocycles. The van der Waals surface area contributed by atoms with E-state index in [1.165, 1.54) is 17.2 Å². The SMILES string of the molecule is CCCNC(c1cc(F)ccc1C)c1cc(Br)ccc1C. The third kappa shape index (κ3) is 3.92. The minimum Gasteiger partial charge on any atom is -0.306 e. The maximum atomic E-state index is 13.7. The van der Waals surface area contributed by atoms with Crippen LogP contribution in [0.3, 0.4) is 0 Å². The Morgan fingerprint density at radius 2 is 1.67 bits per heavy atom. The number of aryl methyl sites for hydroxylation is 2. The van der Waals surface area contributed by atoms with E-state index < -0.39 is 0 Å². The van der Waals surface area contributed by atoms with Crippen LogP contribution in [0, 0.1) is 19.7 Å². The summed E-state index contributed by atoms with van der Waals surface area (Å²) in [7, 11) is 0. The predicted octanol–water partition coefficient (Wildman–Crippen LogP) is 5.29. The second-order valence-corrected chi connectivity index (χ2v) is 6.30. The maximum absolute atomic E-state index is 13.7. The van der Waals surface area contributed by atoms with E-state index in [2.05, 4.69) is 47.2 Å². The van der Waals surface area contributed by atoms with Gasteiger partial charge < -0.3 is 5.32 Å². The molecular weight excluding hydrogens is 329 g/mol. The summed E-state index contributed by atoms with van der Waals surface area (Å²) in [4.78, 5) is 0. The normalized spacial score (nSPS) is 12.4. The molecule has 2 aromatic rings. The van der Waals surface area contributed by atoms with E-state index >= 15 is 0 Å². The molecule has 2 aromatic carbocycles. The second-order valence-electron chi connectivity index (χ2n) is 5.39. The van der Waals surface area contributed by atoms with E-state index in [4.69, 9.17) is 0 Å². The molecule has 1 N–H and O–H groups in total. The molecule has 0 fully saturated rings. The van der Waals surface area contributed by atoms with Crippen LogP contribution in [-0.2, 0) is 0 Å². The molecule has 0 aliphatic carbocycles. The van der Waals surface area contributed by atoms with Gasteiger partial charge in [-0.15, -0.1) is 0 Å². The molecular formula is C18H21BrFN. The van der Waals surface area contributed by atoms with Gasteiger partial charge in [-0.1, -0.05) is 35.0 Å². The highest BCUT2D eigenvalue weighted by Crippen LogP contribution is 2.30. The third-order valence-electron chi connectivity index (χ3n) is 3.70. The number of benzene rings is 2. The fourth-order valence-electron chi connectivity index (χ4n) is 2.52. The van der Waals surface area contributed by atoms with E-state index in [0.29, 0.717) is 0 Å². The molecule has 0 spiro atoms. The van der Waals surface area contributed by atoms with Crippen LogP contribution in [0.5, 0.6) is 0 Å². The van der Waals surface area contributed by atoms with Gasteiger partial charge in [-0.05, 0) is 73.3 Å². The highest BCUT2D eigenvalue weighted by atomic mass is 79.9. The van der Waals surface area contributed by atoms with E-state index in [-0.39, 0.29) is 11.9 Å². The Balaban J connectivity index is 2.52. The summed E-state index contributed by atoms with van der Waals surface area (Å²) in [5.74, 6) is -0.188. The van der Waals surface area contributed by atoms with Crippen LogP contribution in [0.1, 0.15) is 41.6 Å². The van der Waals surface area contributed by atoms with Crippen LogP contribution >= 0.6 is 15.9 Å². The second kappa shape index (κ2) is 7.19. The summed E-state index contributed by atoms with van der Waals surface area (Å²) >= 11 is 3.54. The van der Waals surface area contributed by atoms with Crippen molar-refractivity contribution in [1.29, 1.82) is 0 Å². The topological polar surface area (TPSA) is 12.0 Å². The van der Waals surface area contributed by atoms with Crippen molar-refractivity contribution in [2.75, 3.05) is 6.54 Å². The monoisotopic (exact) mass is 349 g/mol. The van der Waals surface area contributed by atoms with Gasteiger partial charge >= 0.3 is 0 Å². The molecule has 0 radical (unpaired) electrons. The fraction of sp³-hybridized carbons (Fsp3) is 0.333. The summed E-state index contributed by atoms with van der Waals surface area (Å²) in [5.41, 5.74) is 4.50. The molecule has 0 heterocycles. The first kappa shape index (κ1) is 16.2. The molecule has 21 heavy (non-hydrogen) atoms. The molecule has 0 aromatic heterocycles. The quantitative estimate of drug-likeness (QED) is 0.772. The molecule has 112 valence electrons. The summed E-state index contributed by atoms with van der Waals surface area (Å²) in [6.45, 7) is 7.16. The van der Waals surface area contributed by atoms with Crippen molar-refractivity contribution in [3.8, 4) is 0 Å². The Kier molecular flexibility index (Phi) is 5.54. The van der Waals surface area contributed by atoms with E-state index in [0.717, 1.165) is 28.6 Å². The standard InChI is InChI=1S/C18H21BrFN/c1-4-9-21-18(16-10-14(19)7-5-12(16)2)17-11-15(20)8-6-13(17)3/h5-8,10-11,18,21H,4,9H2,1-3H3. The van der Waals surface area contributed by atoms with Gasteiger partial charge in [0.05, 0.1) is 6.04 Å². The van der Waals surface area contributed by atoms with Crippen molar-refractivity contribution in [2.24, 2.45) is 0 Å². The highest BCUT2D eigenvalue weighted by Gasteiger charge is 2.18. The van der Waals surface area contributed by atoms with E-state index in [9.17, 15) is 4.39 Å². The van der Waals surface area contributed by atoms with E-state index in [1.54, 1.807) is 6.07 Å². The molecule has 1 unspecified atom stereocenters. The highest BCUT2D eigenvalue weighted by molar-refractivity contribution is 9.10. The number of halogens is 2. The maximum Gasteiger partial charge on any atom is 0.123 e. The number of hydrogen-bond donors (Lipinski definition) is 1. The molecule has 1 nitrogen and oxygen atoms in total. The number of nitrogens with one attached hydrogen (secondary N) is 1. The number of hydrogen-bond acceptors (Lipinski definition) is 1. The van der Waals surface area contributed by atoms with Crippen molar-refractivity contribution < 1.29 is 4.39 Å². The van der Waals surface area contributed by atoms with Gasteiger partial charge in [-0.25, -0.2) is 4.39 Å². The lowest BCUT2D eigenvalue weighted by molar-refractivity contribution is 0.581. The predicted molar refractivity (Wildman–Crippen MR) is 90.2 cm³/mol. The molecule has 2 rings (SSSR count). The molecule has 0 aliphatic rings. The van der Waals surface area contributed by atoms with Gasteiger partial charge in [0.1, 0.15) is 5.82 Å². The van der Waals surface area contributed by atoms with Crippen molar-refractivity contribution in [3.05, 3.63) is 68.9 Å². The van der Waals surface area contributed by atoms with Gasteiger partial charge in [0, 0.05) is 4.47 Å². The molecule has 0 bridgehead atoms. The molecule has 3 heteroatoms. The first-order valence-corrected chi connectivity index (χ1v) is 8.07. The zero-order valence-electron chi connectivity index (χ0n) is 12.7. The van der Waals surface area contributed by atoms with Crippen molar-refractivity contribution >= 4 is 15.9 Å². The number of rotatable bonds is 5. The summed E-state index contributed by atoms with van der Waals surface area (Å²) in [5, 5.41) is 3.55. The Labute approximate surface area is 134 Å². The first-order chi connectivity index (χ1) is 10.0. The van der Waals surface area contributed by atoms with Crippen LogP contribution in [0.2, 0.25) is 0 Å². The van der Waals surface area contributed by atoms with E-state index in [1.807, 2.05) is 19.1 Å². The van der Waals surface area contributed by atoms with Crippen molar-refractivity contribution in [2.45, 2.75) is 33.2 Å². The Hall–Kier alpha value is -1.19. The van der Waals surface area contributed by atoms with Crippen molar-refractivity contribution in [1.82, 2.24) is 5.32 Å². The Bertz CT molecular complexity index is 573. The zero-order chi connectivity index (χ0) is 15.4. The minimum atomic E-state index is -0.188. The van der Waals surface area contributed by atoms with Crippen LogP contribution < -0.4 is 5.32 Å². The summed E-state index contributed by atoms with van der Waals surface area (Å²) in [6.07, 6.45) is 1.04. The van der Waals surface area contributed by atoms with Gasteiger partial charge in [0.15, 0.2) is 0 Å². The molecule has 0 amide bonds. The van der Waals surface area contributed by atoms with Gasteiger partial charge in [-0.2, -0.15) is 0 Å². The van der Waals surface area contributed by atoms with Crippen LogP contribution in [-0.4, -0.2) is 6.54 Å². The van der Waals surface area contributed by atoms with Crippen molar-refractivity contribution in [3.63, 3.8) is 0 Å². The van der Waals surface area contributed by atoms with Crippen LogP contribution in [0.4, 0.5) is 4.39 Å². The lowest BCUT2D eigenvalue weighted by atomic mass is 9.92. The molecule has 0 saturated carbocycles. The lowest BCUT2D eigenvalue weighted by Gasteiger charge is -2.23. The molecule has 1 atom stereocenters. The van der Waals surface area contributed by atoms with Gasteiger partial charge in [0.25, 0.3) is 0 Å². The van der Waals surface area contributed by atoms with Crippen LogP contribution in [0.15, 0.2) is 40.9 Å². The average molecular weight is 350 g/mol. The average Bonchev–Trinajstić information content (AvgIpc) is 2.46. The third-order valence-corrected chi connectivity index (χ3v) is 4.20. The minimum absolute atomic E-state index is 0.0122. The lowest BCUT2D eigenvalue weighted by Crippen LogP contribution is -2.24. The largest absolute Gasteiger partial charge is 0.306 e. The zero-order valence-corrected chi connectivity index (χ0v) is 14.3.